The number of nitrogens with one attached hydrogen (secondary N) is 1. The molecular weight excluding hydrogens is 544 g/mol. The van der Waals surface area contributed by atoms with Gasteiger partial charge in [0.15, 0.2) is 0 Å². The van der Waals surface area contributed by atoms with Crippen LogP contribution in [0.25, 0.3) is 22.2 Å². The molecule has 228 valence electrons. The number of fused-ring (bicyclic) bond motifs is 1. The first kappa shape index (κ1) is 30.3. The number of aliphatic hydroxyl groups excluding tert-OH is 1. The summed E-state index contributed by atoms with van der Waals surface area (Å²) >= 11 is 0. The van der Waals surface area contributed by atoms with Gasteiger partial charge in [-0.25, -0.2) is 14.8 Å². The second kappa shape index (κ2) is 13.4. The fraction of sp³-hybridized carbons (Fsp3) is 0.424. The van der Waals surface area contributed by atoms with Crippen molar-refractivity contribution in [3.8, 4) is 22.6 Å². The Bertz CT molecular complexity index is 1490. The summed E-state index contributed by atoms with van der Waals surface area (Å²) in [4.78, 5) is 21.8. The lowest BCUT2D eigenvalue weighted by Crippen LogP contribution is -2.46. The standard InChI is InChI=1S/C23H23N5O.C10H19NO3/c24-22-21-20(14-28(23(21)27-15-26-22)17-10-12-25-13-11-17)16-6-8-19(9-7-16)29-18-4-2-1-3-5-18;1-10(2,3)14-9(13)11-7-5-4-6-8(11)12/h1-9,14-15,17,25H,10-13H2,(H2,24,26,27);8,12H,4-7H2,1-3H3. The number of nitrogen functional groups attached to an aromatic ring is 1. The van der Waals surface area contributed by atoms with E-state index in [0.29, 0.717) is 24.8 Å². The fourth-order valence-corrected chi connectivity index (χ4v) is 5.47. The second-order valence-corrected chi connectivity index (χ2v) is 12.0. The molecule has 0 bridgehead atoms. The van der Waals surface area contributed by atoms with Crippen LogP contribution < -0.4 is 15.8 Å². The van der Waals surface area contributed by atoms with Gasteiger partial charge in [-0.15, -0.1) is 0 Å². The first-order chi connectivity index (χ1) is 20.7. The Hall–Kier alpha value is -4.15. The Kier molecular flexibility index (Phi) is 9.47. The highest BCUT2D eigenvalue weighted by molar-refractivity contribution is 6.00. The van der Waals surface area contributed by atoms with Crippen LogP contribution in [0.3, 0.4) is 0 Å². The molecule has 2 aliphatic heterocycles. The van der Waals surface area contributed by atoms with Gasteiger partial charge in [0.25, 0.3) is 0 Å². The minimum absolute atomic E-state index is 0.412. The second-order valence-electron chi connectivity index (χ2n) is 12.0. The van der Waals surface area contributed by atoms with Gasteiger partial charge in [-0.3, -0.25) is 4.90 Å². The molecule has 43 heavy (non-hydrogen) atoms. The molecule has 2 aliphatic rings. The Morgan fingerprint density at radius 3 is 2.35 bits per heavy atom. The highest BCUT2D eigenvalue weighted by Crippen LogP contribution is 2.36. The van der Waals surface area contributed by atoms with Gasteiger partial charge in [0, 0.05) is 24.3 Å². The molecule has 4 aromatic rings. The maximum atomic E-state index is 11.6. The number of carbonyl (C=O) groups is 1. The predicted octanol–water partition coefficient (Wildman–Crippen LogP) is 6.12. The van der Waals surface area contributed by atoms with E-state index in [1.54, 1.807) is 6.33 Å². The SMILES string of the molecule is CC(C)(C)OC(=O)N1CCCCC1O.Nc1ncnc2c1c(-c1ccc(Oc3ccccc3)cc1)cn2C1CCNCC1. The summed E-state index contributed by atoms with van der Waals surface area (Å²) in [6.45, 7) is 8.09. The van der Waals surface area contributed by atoms with Gasteiger partial charge in [-0.2, -0.15) is 0 Å². The number of anilines is 1. The van der Waals surface area contributed by atoms with E-state index in [1.165, 1.54) is 4.90 Å². The zero-order chi connectivity index (χ0) is 30.4. The number of ether oxygens (including phenoxy) is 2. The Morgan fingerprint density at radius 2 is 1.67 bits per heavy atom. The van der Waals surface area contributed by atoms with Crippen LogP contribution in [0, 0.1) is 0 Å². The number of hydrogen-bond donors (Lipinski definition) is 3. The lowest BCUT2D eigenvalue weighted by Gasteiger charge is -2.33. The van der Waals surface area contributed by atoms with Crippen molar-refractivity contribution in [2.75, 3.05) is 25.4 Å². The number of nitrogens with zero attached hydrogens (tertiary/aromatic N) is 4. The van der Waals surface area contributed by atoms with Crippen LogP contribution in [-0.4, -0.2) is 62.1 Å². The van der Waals surface area contributed by atoms with Crippen molar-refractivity contribution in [1.29, 1.82) is 0 Å². The lowest BCUT2D eigenvalue weighted by atomic mass is 10.1. The molecule has 10 heteroatoms. The molecule has 1 atom stereocenters. The first-order valence-corrected chi connectivity index (χ1v) is 15.0. The maximum absolute atomic E-state index is 11.6. The number of amides is 1. The minimum Gasteiger partial charge on any atom is -0.457 e. The van der Waals surface area contributed by atoms with Crippen LogP contribution in [0.5, 0.6) is 11.5 Å². The minimum atomic E-state index is -0.668. The van der Waals surface area contributed by atoms with Gasteiger partial charge in [0.2, 0.25) is 0 Å². The van der Waals surface area contributed by atoms with E-state index < -0.39 is 17.9 Å². The van der Waals surface area contributed by atoms with Crippen molar-refractivity contribution >= 4 is 22.9 Å². The zero-order valence-corrected chi connectivity index (χ0v) is 25.2. The Morgan fingerprint density at radius 1 is 0.977 bits per heavy atom. The van der Waals surface area contributed by atoms with Crippen LogP contribution in [0.1, 0.15) is 58.9 Å². The van der Waals surface area contributed by atoms with Crippen LogP contribution in [-0.2, 0) is 4.74 Å². The predicted molar refractivity (Wildman–Crippen MR) is 168 cm³/mol. The number of benzene rings is 2. The molecule has 2 fully saturated rings. The number of nitrogens with two attached hydrogens (primary N) is 1. The van der Waals surface area contributed by atoms with Gasteiger partial charge < -0.3 is 30.2 Å². The lowest BCUT2D eigenvalue weighted by molar-refractivity contribution is -0.0450. The molecule has 0 aliphatic carbocycles. The summed E-state index contributed by atoms with van der Waals surface area (Å²) in [5.74, 6) is 2.13. The van der Waals surface area contributed by atoms with Crippen molar-refractivity contribution in [3.63, 3.8) is 0 Å². The third-order valence-electron chi connectivity index (χ3n) is 7.58. The summed E-state index contributed by atoms with van der Waals surface area (Å²) in [6, 6.07) is 18.3. The van der Waals surface area contributed by atoms with Crippen molar-refractivity contribution < 1.29 is 19.4 Å². The fourth-order valence-electron chi connectivity index (χ4n) is 5.47. The molecule has 0 radical (unpaired) electrons. The van der Waals surface area contributed by atoms with Gasteiger partial charge >= 0.3 is 6.09 Å². The summed E-state index contributed by atoms with van der Waals surface area (Å²) in [5, 5.41) is 13.9. The molecule has 4 heterocycles. The number of aliphatic hydroxyl groups is 1. The van der Waals surface area contributed by atoms with Crippen molar-refractivity contribution in [3.05, 3.63) is 67.1 Å². The van der Waals surface area contributed by atoms with E-state index in [0.717, 1.165) is 72.4 Å². The van der Waals surface area contributed by atoms with Gasteiger partial charge in [-0.1, -0.05) is 30.3 Å². The average molecular weight is 587 g/mol. The summed E-state index contributed by atoms with van der Waals surface area (Å²) < 4.78 is 13.4. The smallest absolute Gasteiger partial charge is 0.412 e. The highest BCUT2D eigenvalue weighted by Gasteiger charge is 2.29. The zero-order valence-electron chi connectivity index (χ0n) is 25.2. The number of likely N-dealkylation sites (tertiary alicyclic amines) is 1. The largest absolute Gasteiger partial charge is 0.457 e. The van der Waals surface area contributed by atoms with E-state index in [1.807, 2.05) is 63.2 Å². The van der Waals surface area contributed by atoms with Gasteiger partial charge in [0.05, 0.1) is 5.39 Å². The third-order valence-corrected chi connectivity index (χ3v) is 7.58. The van der Waals surface area contributed by atoms with E-state index in [4.69, 9.17) is 15.2 Å². The molecule has 6 rings (SSSR count). The molecule has 2 aromatic carbocycles. The normalized spacial score (nSPS) is 17.7. The Balaban J connectivity index is 0.000000222. The number of rotatable bonds is 4. The molecule has 1 amide bonds. The molecule has 2 saturated heterocycles. The maximum Gasteiger partial charge on any atom is 0.412 e. The van der Waals surface area contributed by atoms with E-state index >= 15 is 0 Å². The number of piperidine rings is 2. The number of hydrogen-bond acceptors (Lipinski definition) is 8. The molecule has 1 unspecified atom stereocenters. The van der Waals surface area contributed by atoms with Crippen LogP contribution in [0.4, 0.5) is 10.6 Å². The third kappa shape index (κ3) is 7.63. The van der Waals surface area contributed by atoms with Crippen molar-refractivity contribution in [2.24, 2.45) is 0 Å². The van der Waals surface area contributed by atoms with Crippen LogP contribution >= 0.6 is 0 Å². The van der Waals surface area contributed by atoms with Crippen LogP contribution in [0.15, 0.2) is 67.1 Å². The number of aromatic nitrogens is 3. The van der Waals surface area contributed by atoms with Crippen LogP contribution in [0.2, 0.25) is 0 Å². The van der Waals surface area contributed by atoms with E-state index in [-0.39, 0.29) is 0 Å². The monoisotopic (exact) mass is 586 g/mol. The molecule has 4 N–H and O–H groups in total. The molecule has 0 saturated carbocycles. The topological polar surface area (TPSA) is 128 Å². The number of carbonyl (C=O) groups excluding carboxylic acids is 1. The van der Waals surface area contributed by atoms with Crippen molar-refractivity contribution in [1.82, 2.24) is 24.8 Å². The number of para-hydroxylation sites is 1. The first-order valence-electron chi connectivity index (χ1n) is 15.0. The van der Waals surface area contributed by atoms with Gasteiger partial charge in [-0.05, 0) is 95.8 Å². The summed E-state index contributed by atoms with van der Waals surface area (Å²) in [6.07, 6.45) is 7.38. The van der Waals surface area contributed by atoms with E-state index in [2.05, 4.69) is 38.2 Å². The molecular formula is C33H42N6O4. The summed E-state index contributed by atoms with van der Waals surface area (Å²) in [5.41, 5.74) is 8.81. The summed E-state index contributed by atoms with van der Waals surface area (Å²) in [7, 11) is 0. The van der Waals surface area contributed by atoms with E-state index in [9.17, 15) is 9.90 Å². The Labute approximate surface area is 252 Å². The van der Waals surface area contributed by atoms with Crippen molar-refractivity contribution in [2.45, 2.75) is 70.7 Å². The molecule has 2 aromatic heterocycles. The average Bonchev–Trinajstić information content (AvgIpc) is 3.39. The van der Waals surface area contributed by atoms with Gasteiger partial charge in [0.1, 0.15) is 41.1 Å². The quantitative estimate of drug-likeness (QED) is 0.261. The highest BCUT2D eigenvalue weighted by atomic mass is 16.6. The molecule has 10 nitrogen and oxygen atoms in total. The molecule has 0 spiro atoms.